The lowest BCUT2D eigenvalue weighted by Gasteiger charge is -2.45. The quantitative estimate of drug-likeness (QED) is 0.849. The van der Waals surface area contributed by atoms with Crippen LogP contribution in [-0.2, 0) is 4.79 Å². The van der Waals surface area contributed by atoms with E-state index in [1.165, 1.54) is 6.08 Å². The average molecular weight is 324 g/mol. The van der Waals surface area contributed by atoms with E-state index in [4.69, 9.17) is 0 Å². The summed E-state index contributed by atoms with van der Waals surface area (Å²) >= 11 is 0. The molecule has 0 atom stereocenters. The second-order valence-corrected chi connectivity index (χ2v) is 5.73. The summed E-state index contributed by atoms with van der Waals surface area (Å²) in [6.07, 6.45) is 6.48. The molecule has 1 amide bonds. The summed E-state index contributed by atoms with van der Waals surface area (Å²) < 4.78 is 0. The molecule has 2 aromatic heterocycles. The van der Waals surface area contributed by atoms with Crippen LogP contribution in [0, 0.1) is 0 Å². The van der Waals surface area contributed by atoms with Gasteiger partial charge in [-0.15, -0.1) is 0 Å². The molecule has 0 aromatic carbocycles. The van der Waals surface area contributed by atoms with E-state index in [0.29, 0.717) is 25.3 Å². The highest BCUT2D eigenvalue weighted by molar-refractivity contribution is 5.87. The van der Waals surface area contributed by atoms with Crippen molar-refractivity contribution < 1.29 is 4.79 Å². The van der Waals surface area contributed by atoms with Crippen molar-refractivity contribution in [3.63, 3.8) is 0 Å². The number of likely N-dealkylation sites (tertiary alicyclic amines) is 1. The molecular weight excluding hydrogens is 304 g/mol. The molecule has 0 spiro atoms. The maximum Gasteiger partial charge on any atom is 0.271 e. The normalized spacial score (nSPS) is 14.1. The van der Waals surface area contributed by atoms with Crippen LogP contribution in [0.15, 0.2) is 54.2 Å². The molecule has 0 aliphatic carbocycles. The number of H-pyrrole nitrogens is 1. The molecule has 0 saturated carbocycles. The number of likely N-dealkylation sites (N-methyl/N-ethyl adjacent to an activating group) is 1. The number of anilines is 1. The average Bonchev–Trinajstić information content (AvgIpc) is 2.58. The zero-order valence-corrected chi connectivity index (χ0v) is 13.6. The van der Waals surface area contributed by atoms with Gasteiger partial charge in [0.25, 0.3) is 5.56 Å². The second kappa shape index (κ2) is 6.70. The van der Waals surface area contributed by atoms with Crippen molar-refractivity contribution in [1.82, 2.24) is 14.9 Å². The first-order valence-corrected chi connectivity index (χ1v) is 7.95. The summed E-state index contributed by atoms with van der Waals surface area (Å²) in [6.45, 7) is 7.43. The van der Waals surface area contributed by atoms with Gasteiger partial charge in [0.1, 0.15) is 5.69 Å². The lowest BCUT2D eigenvalue weighted by Crippen LogP contribution is -2.61. The molecule has 1 N–H and O–H groups in total. The van der Waals surface area contributed by atoms with Gasteiger partial charge in [0, 0.05) is 43.8 Å². The van der Waals surface area contributed by atoms with Gasteiger partial charge in [-0.1, -0.05) is 6.58 Å². The zero-order valence-electron chi connectivity index (χ0n) is 13.6. The molecule has 6 nitrogen and oxygen atoms in total. The third-order valence-electron chi connectivity index (χ3n) is 4.34. The van der Waals surface area contributed by atoms with Crippen LogP contribution in [0.5, 0.6) is 0 Å². The Morgan fingerprint density at radius 2 is 2.12 bits per heavy atom. The SMILES string of the molecule is C=CC(=O)N1CC(N(CC)c2cc(-c3ccncc3)c[nH]c2=O)C1. The maximum atomic E-state index is 12.3. The minimum atomic E-state index is -0.122. The van der Waals surface area contributed by atoms with Crippen molar-refractivity contribution in [3.05, 3.63) is 59.8 Å². The zero-order chi connectivity index (χ0) is 17.1. The number of nitrogens with one attached hydrogen (secondary N) is 1. The number of aromatic nitrogens is 2. The largest absolute Gasteiger partial charge is 0.361 e. The Morgan fingerprint density at radius 3 is 2.75 bits per heavy atom. The van der Waals surface area contributed by atoms with Crippen molar-refractivity contribution in [3.8, 4) is 11.1 Å². The van der Waals surface area contributed by atoms with Gasteiger partial charge in [0.15, 0.2) is 0 Å². The number of carbonyl (C=O) groups is 1. The highest BCUT2D eigenvalue weighted by Crippen LogP contribution is 2.24. The summed E-state index contributed by atoms with van der Waals surface area (Å²) in [5, 5.41) is 0. The van der Waals surface area contributed by atoms with Crippen LogP contribution in [0.2, 0.25) is 0 Å². The van der Waals surface area contributed by atoms with Crippen molar-refractivity contribution in [2.45, 2.75) is 13.0 Å². The van der Waals surface area contributed by atoms with Crippen molar-refractivity contribution in [1.29, 1.82) is 0 Å². The van der Waals surface area contributed by atoms with Crippen LogP contribution >= 0.6 is 0 Å². The van der Waals surface area contributed by atoms with Crippen LogP contribution < -0.4 is 10.5 Å². The van der Waals surface area contributed by atoms with Crippen LogP contribution in [-0.4, -0.2) is 46.5 Å². The molecule has 0 radical (unpaired) electrons. The number of pyridine rings is 2. The van der Waals surface area contributed by atoms with Gasteiger partial charge < -0.3 is 14.8 Å². The van der Waals surface area contributed by atoms with Gasteiger partial charge in [0.05, 0.1) is 6.04 Å². The first kappa shape index (κ1) is 16.0. The summed E-state index contributed by atoms with van der Waals surface area (Å²) in [5.41, 5.74) is 2.44. The number of amides is 1. The molecule has 124 valence electrons. The molecular formula is C18H20N4O2. The van der Waals surface area contributed by atoms with E-state index in [1.807, 2.05) is 25.1 Å². The van der Waals surface area contributed by atoms with Crippen molar-refractivity contribution in [2.75, 3.05) is 24.5 Å². The highest BCUT2D eigenvalue weighted by atomic mass is 16.2. The van der Waals surface area contributed by atoms with Gasteiger partial charge in [-0.3, -0.25) is 14.6 Å². The maximum absolute atomic E-state index is 12.3. The second-order valence-electron chi connectivity index (χ2n) is 5.73. The molecule has 1 saturated heterocycles. The topological polar surface area (TPSA) is 69.3 Å². The fraction of sp³-hybridized carbons (Fsp3) is 0.278. The lowest BCUT2D eigenvalue weighted by atomic mass is 10.0. The van der Waals surface area contributed by atoms with Crippen LogP contribution in [0.1, 0.15) is 6.92 Å². The van der Waals surface area contributed by atoms with Gasteiger partial charge in [-0.05, 0) is 36.8 Å². The number of hydrogen-bond donors (Lipinski definition) is 1. The third kappa shape index (κ3) is 2.95. The van der Waals surface area contributed by atoms with Gasteiger partial charge in [-0.25, -0.2) is 0 Å². The smallest absolute Gasteiger partial charge is 0.271 e. The number of aromatic amines is 1. The number of nitrogens with zero attached hydrogens (tertiary/aromatic N) is 3. The fourth-order valence-corrected chi connectivity index (χ4v) is 2.98. The lowest BCUT2D eigenvalue weighted by molar-refractivity contribution is -0.130. The summed E-state index contributed by atoms with van der Waals surface area (Å²) in [6, 6.07) is 5.85. The first-order chi connectivity index (χ1) is 11.6. The monoisotopic (exact) mass is 324 g/mol. The Labute approximate surface area is 140 Å². The Balaban J connectivity index is 1.86. The predicted molar refractivity (Wildman–Crippen MR) is 93.9 cm³/mol. The van der Waals surface area contributed by atoms with Crippen LogP contribution in [0.3, 0.4) is 0 Å². The van der Waals surface area contributed by atoms with E-state index in [2.05, 4.69) is 21.4 Å². The van der Waals surface area contributed by atoms with Crippen molar-refractivity contribution >= 4 is 11.6 Å². The standard InChI is InChI=1S/C18H20N4O2/c1-3-17(23)21-11-15(12-21)22(4-2)16-9-14(10-20-18(16)24)13-5-7-19-8-6-13/h3,5-10,15H,1,4,11-12H2,2H3,(H,20,24). The molecule has 24 heavy (non-hydrogen) atoms. The van der Waals surface area contributed by atoms with E-state index in [9.17, 15) is 9.59 Å². The molecule has 2 aromatic rings. The summed E-state index contributed by atoms with van der Waals surface area (Å²) in [5.74, 6) is -0.0678. The number of rotatable bonds is 5. The molecule has 1 aliphatic heterocycles. The Hall–Kier alpha value is -2.89. The molecule has 3 rings (SSSR count). The van der Waals surface area contributed by atoms with Gasteiger partial charge >= 0.3 is 0 Å². The third-order valence-corrected chi connectivity index (χ3v) is 4.34. The van der Waals surface area contributed by atoms with Gasteiger partial charge in [-0.2, -0.15) is 0 Å². The highest BCUT2D eigenvalue weighted by Gasteiger charge is 2.34. The van der Waals surface area contributed by atoms with E-state index in [0.717, 1.165) is 11.1 Å². The predicted octanol–water partition coefficient (Wildman–Crippen LogP) is 1.66. The molecule has 3 heterocycles. The van der Waals surface area contributed by atoms with Crippen LogP contribution in [0.4, 0.5) is 5.69 Å². The van der Waals surface area contributed by atoms with Crippen molar-refractivity contribution in [2.24, 2.45) is 0 Å². The number of carbonyl (C=O) groups excluding carboxylic acids is 1. The minimum Gasteiger partial charge on any atom is -0.361 e. The van der Waals surface area contributed by atoms with Crippen LogP contribution in [0.25, 0.3) is 11.1 Å². The molecule has 0 bridgehead atoms. The summed E-state index contributed by atoms with van der Waals surface area (Å²) in [7, 11) is 0. The number of hydrogen-bond acceptors (Lipinski definition) is 4. The van der Waals surface area contributed by atoms with E-state index in [1.54, 1.807) is 23.5 Å². The van der Waals surface area contributed by atoms with E-state index >= 15 is 0 Å². The molecule has 1 aliphatic rings. The molecule has 6 heteroatoms. The van der Waals surface area contributed by atoms with E-state index < -0.39 is 0 Å². The molecule has 0 unspecified atom stereocenters. The molecule has 1 fully saturated rings. The fourth-order valence-electron chi connectivity index (χ4n) is 2.98. The Bertz CT molecular complexity index is 794. The minimum absolute atomic E-state index is 0.0678. The van der Waals surface area contributed by atoms with Gasteiger partial charge in [0.2, 0.25) is 5.91 Å². The summed E-state index contributed by atoms with van der Waals surface area (Å²) in [4.78, 5) is 34.5. The Kier molecular flexibility index (Phi) is 4.46. The van der Waals surface area contributed by atoms with E-state index in [-0.39, 0.29) is 17.5 Å². The first-order valence-electron chi connectivity index (χ1n) is 7.95. The Morgan fingerprint density at radius 1 is 1.42 bits per heavy atom.